The first-order valence-corrected chi connectivity index (χ1v) is 8.06. The van der Waals surface area contributed by atoms with Gasteiger partial charge in [0.15, 0.2) is 0 Å². The van der Waals surface area contributed by atoms with E-state index >= 15 is 0 Å². The van der Waals surface area contributed by atoms with Crippen LogP contribution in [0.5, 0.6) is 5.75 Å². The fourth-order valence-electron chi connectivity index (χ4n) is 2.42. The lowest BCUT2D eigenvalue weighted by molar-refractivity contribution is 0.325. The number of anilines is 1. The molecule has 0 bridgehead atoms. The number of para-hydroxylation sites is 1. The lowest BCUT2D eigenvalue weighted by Crippen LogP contribution is -2.30. The highest BCUT2D eigenvalue weighted by Gasteiger charge is 2.29. The van der Waals surface area contributed by atoms with Crippen molar-refractivity contribution in [2.24, 2.45) is 0 Å². The van der Waals surface area contributed by atoms with Crippen LogP contribution in [0.2, 0.25) is 0 Å². The first kappa shape index (κ1) is 13.9. The van der Waals surface area contributed by atoms with Crippen molar-refractivity contribution in [2.75, 3.05) is 12.3 Å². The summed E-state index contributed by atoms with van der Waals surface area (Å²) in [7, 11) is -3.69. The van der Waals surface area contributed by atoms with Crippen molar-refractivity contribution >= 4 is 15.7 Å². The number of nitrogens with two attached hydrogens (primary N) is 1. The van der Waals surface area contributed by atoms with Gasteiger partial charge in [-0.25, -0.2) is 8.42 Å². The molecule has 110 valence electrons. The van der Waals surface area contributed by atoms with Gasteiger partial charge in [-0.1, -0.05) is 24.3 Å². The zero-order valence-electron chi connectivity index (χ0n) is 11.5. The summed E-state index contributed by atoms with van der Waals surface area (Å²) in [4.78, 5) is 0.0949. The molecule has 1 unspecified atom stereocenters. The number of sulfonamides is 1. The van der Waals surface area contributed by atoms with E-state index in [1.54, 1.807) is 12.1 Å². The minimum Gasteiger partial charge on any atom is -0.491 e. The minimum atomic E-state index is -3.69. The van der Waals surface area contributed by atoms with Gasteiger partial charge in [0.1, 0.15) is 17.3 Å². The van der Waals surface area contributed by atoms with E-state index < -0.39 is 16.1 Å². The molecule has 0 radical (unpaired) electrons. The lowest BCUT2D eigenvalue weighted by Gasteiger charge is -2.14. The summed E-state index contributed by atoms with van der Waals surface area (Å²) < 4.78 is 33.1. The van der Waals surface area contributed by atoms with Crippen LogP contribution in [0, 0.1) is 6.92 Å². The predicted molar refractivity (Wildman–Crippen MR) is 80.6 cm³/mol. The number of nitrogens with one attached hydrogen (secondary N) is 1. The summed E-state index contributed by atoms with van der Waals surface area (Å²) in [6, 6.07) is 11.9. The van der Waals surface area contributed by atoms with E-state index in [1.165, 1.54) is 6.07 Å². The third kappa shape index (κ3) is 2.59. The van der Waals surface area contributed by atoms with Gasteiger partial charge in [-0.05, 0) is 30.7 Å². The van der Waals surface area contributed by atoms with Crippen molar-refractivity contribution in [1.29, 1.82) is 0 Å². The fourth-order valence-corrected chi connectivity index (χ4v) is 3.74. The Hall–Kier alpha value is -2.05. The first-order valence-electron chi connectivity index (χ1n) is 6.57. The molecule has 5 nitrogen and oxygen atoms in total. The minimum absolute atomic E-state index is 0.0949. The van der Waals surface area contributed by atoms with Crippen molar-refractivity contribution in [2.45, 2.75) is 17.9 Å². The Morgan fingerprint density at radius 2 is 2.00 bits per heavy atom. The molecule has 1 aliphatic rings. The smallest absolute Gasteiger partial charge is 0.243 e. The Balaban J connectivity index is 1.91. The number of hydrogen-bond donors (Lipinski definition) is 2. The van der Waals surface area contributed by atoms with E-state index in [0.29, 0.717) is 5.75 Å². The fraction of sp³-hybridized carbons (Fsp3) is 0.200. The largest absolute Gasteiger partial charge is 0.491 e. The number of nitrogen functional groups attached to an aromatic ring is 1. The molecule has 0 amide bonds. The third-order valence-electron chi connectivity index (χ3n) is 3.45. The van der Waals surface area contributed by atoms with Gasteiger partial charge in [-0.15, -0.1) is 0 Å². The van der Waals surface area contributed by atoms with Crippen LogP contribution >= 0.6 is 0 Å². The summed E-state index contributed by atoms with van der Waals surface area (Å²) in [5, 5.41) is 0. The van der Waals surface area contributed by atoms with Gasteiger partial charge in [0.2, 0.25) is 10.0 Å². The Bertz CT molecular complexity index is 787. The summed E-state index contributed by atoms with van der Waals surface area (Å²) in [5.41, 5.74) is 7.83. The monoisotopic (exact) mass is 304 g/mol. The highest BCUT2D eigenvalue weighted by molar-refractivity contribution is 7.89. The molecule has 3 N–H and O–H groups in total. The lowest BCUT2D eigenvalue weighted by atomic mass is 10.1. The molecule has 6 heteroatoms. The van der Waals surface area contributed by atoms with Crippen LogP contribution in [0.1, 0.15) is 17.2 Å². The number of ether oxygens (including phenoxy) is 1. The van der Waals surface area contributed by atoms with Gasteiger partial charge in [0.25, 0.3) is 0 Å². The van der Waals surface area contributed by atoms with Gasteiger partial charge in [-0.3, -0.25) is 0 Å². The normalized spacial score (nSPS) is 17.3. The van der Waals surface area contributed by atoms with Crippen molar-refractivity contribution in [3.63, 3.8) is 0 Å². The number of hydrogen-bond acceptors (Lipinski definition) is 4. The maximum Gasteiger partial charge on any atom is 0.243 e. The predicted octanol–water partition coefficient (Wildman–Crippen LogP) is 1.99. The summed E-state index contributed by atoms with van der Waals surface area (Å²) >= 11 is 0. The van der Waals surface area contributed by atoms with Crippen LogP contribution in [-0.2, 0) is 10.0 Å². The molecule has 0 fully saturated rings. The molecule has 21 heavy (non-hydrogen) atoms. The van der Waals surface area contributed by atoms with Gasteiger partial charge >= 0.3 is 0 Å². The molecule has 2 aromatic rings. The van der Waals surface area contributed by atoms with Crippen LogP contribution in [-0.4, -0.2) is 15.0 Å². The molecular weight excluding hydrogens is 288 g/mol. The van der Waals surface area contributed by atoms with E-state index in [4.69, 9.17) is 10.5 Å². The standard InChI is InChI=1S/C15H16N2O3S/c1-10-6-7-15(12(16)8-10)21(18,19)17-13-9-20-14-5-3-2-4-11(13)14/h2-8,13,17H,9,16H2,1H3. The summed E-state index contributed by atoms with van der Waals surface area (Å²) in [6.07, 6.45) is 0. The van der Waals surface area contributed by atoms with E-state index in [0.717, 1.165) is 11.1 Å². The Labute approximate surface area is 123 Å². The first-order chi connectivity index (χ1) is 9.97. The van der Waals surface area contributed by atoms with Crippen molar-refractivity contribution < 1.29 is 13.2 Å². The average molecular weight is 304 g/mol. The molecule has 3 rings (SSSR count). The number of fused-ring (bicyclic) bond motifs is 1. The zero-order valence-corrected chi connectivity index (χ0v) is 12.4. The average Bonchev–Trinajstić information content (AvgIpc) is 2.81. The second-order valence-corrected chi connectivity index (χ2v) is 6.75. The molecular formula is C15H16N2O3S. The SMILES string of the molecule is Cc1ccc(S(=O)(=O)NC2COc3ccccc32)c(N)c1. The molecule has 0 spiro atoms. The van der Waals surface area contributed by atoms with E-state index in [2.05, 4.69) is 4.72 Å². The Morgan fingerprint density at radius 1 is 1.24 bits per heavy atom. The van der Waals surface area contributed by atoms with Crippen molar-refractivity contribution in [3.05, 3.63) is 53.6 Å². The zero-order chi connectivity index (χ0) is 15.0. The molecule has 1 aliphatic heterocycles. The highest BCUT2D eigenvalue weighted by atomic mass is 32.2. The third-order valence-corrected chi connectivity index (χ3v) is 5.00. The second-order valence-electron chi connectivity index (χ2n) is 5.06. The highest BCUT2D eigenvalue weighted by Crippen LogP contribution is 2.33. The second kappa shape index (κ2) is 5.05. The molecule has 0 aromatic heterocycles. The van der Waals surface area contributed by atoms with Crippen molar-refractivity contribution in [1.82, 2.24) is 4.72 Å². The summed E-state index contributed by atoms with van der Waals surface area (Å²) in [5.74, 6) is 0.710. The summed E-state index contributed by atoms with van der Waals surface area (Å²) in [6.45, 7) is 2.14. The molecule has 2 aromatic carbocycles. The maximum atomic E-state index is 12.5. The Morgan fingerprint density at radius 3 is 2.76 bits per heavy atom. The number of rotatable bonds is 3. The van der Waals surface area contributed by atoms with Crippen LogP contribution in [0.4, 0.5) is 5.69 Å². The Kier molecular flexibility index (Phi) is 3.35. The van der Waals surface area contributed by atoms with Crippen LogP contribution in [0.15, 0.2) is 47.4 Å². The van der Waals surface area contributed by atoms with Crippen LogP contribution in [0.3, 0.4) is 0 Å². The number of benzene rings is 2. The van der Waals surface area contributed by atoms with Crippen molar-refractivity contribution in [3.8, 4) is 5.75 Å². The van der Waals surface area contributed by atoms with Crippen LogP contribution in [0.25, 0.3) is 0 Å². The maximum absolute atomic E-state index is 12.5. The van der Waals surface area contributed by atoms with Gasteiger partial charge < -0.3 is 10.5 Å². The molecule has 0 aliphatic carbocycles. The number of aryl methyl sites for hydroxylation is 1. The molecule has 1 atom stereocenters. The van der Waals surface area contributed by atoms with Gasteiger partial charge in [0, 0.05) is 5.56 Å². The van der Waals surface area contributed by atoms with Crippen LogP contribution < -0.4 is 15.2 Å². The van der Waals surface area contributed by atoms with Gasteiger partial charge in [0.05, 0.1) is 11.7 Å². The molecule has 1 heterocycles. The van der Waals surface area contributed by atoms with E-state index in [9.17, 15) is 8.42 Å². The van der Waals surface area contributed by atoms with Gasteiger partial charge in [-0.2, -0.15) is 4.72 Å². The topological polar surface area (TPSA) is 81.4 Å². The van der Waals surface area contributed by atoms with E-state index in [-0.39, 0.29) is 17.2 Å². The van der Waals surface area contributed by atoms with E-state index in [1.807, 2.05) is 31.2 Å². The molecule has 0 saturated carbocycles. The molecule has 0 saturated heterocycles. The quantitative estimate of drug-likeness (QED) is 0.850.